The van der Waals surface area contributed by atoms with Gasteiger partial charge in [0.15, 0.2) is 0 Å². The maximum atomic E-state index is 11.9. The first kappa shape index (κ1) is 16.9. The van der Waals surface area contributed by atoms with E-state index in [0.29, 0.717) is 5.69 Å². The van der Waals surface area contributed by atoms with Gasteiger partial charge in [0.25, 0.3) is 0 Å². The third-order valence-corrected chi connectivity index (χ3v) is 4.19. The topological polar surface area (TPSA) is 101 Å². The van der Waals surface area contributed by atoms with Crippen molar-refractivity contribution in [3.8, 4) is 5.69 Å². The first-order chi connectivity index (χ1) is 12.2. The molecule has 0 radical (unpaired) electrons. The predicted molar refractivity (Wildman–Crippen MR) is 93.4 cm³/mol. The van der Waals surface area contributed by atoms with Gasteiger partial charge in [-0.25, -0.2) is 14.5 Å². The van der Waals surface area contributed by atoms with Crippen LogP contribution in [-0.4, -0.2) is 39.3 Å². The Morgan fingerprint density at radius 3 is 2.56 bits per heavy atom. The minimum absolute atomic E-state index is 0.0284. The monoisotopic (exact) mass is 342 g/mol. The van der Waals surface area contributed by atoms with Crippen molar-refractivity contribution in [3.05, 3.63) is 36.9 Å². The number of nitrogens with one attached hydrogen (secondary N) is 3. The summed E-state index contributed by atoms with van der Waals surface area (Å²) in [6.45, 7) is -0.0284. The van der Waals surface area contributed by atoms with Crippen LogP contribution in [0.1, 0.15) is 32.1 Å². The van der Waals surface area contributed by atoms with E-state index in [2.05, 4.69) is 26.0 Å². The maximum absolute atomic E-state index is 11.9. The Labute approximate surface area is 146 Å². The average Bonchev–Trinajstić information content (AvgIpc) is 3.16. The molecule has 8 nitrogen and oxygen atoms in total. The van der Waals surface area contributed by atoms with Crippen molar-refractivity contribution in [2.24, 2.45) is 0 Å². The number of hydrogen-bond acceptors (Lipinski definition) is 4. The van der Waals surface area contributed by atoms with Crippen molar-refractivity contribution in [1.29, 1.82) is 0 Å². The fourth-order valence-corrected chi connectivity index (χ4v) is 2.90. The summed E-state index contributed by atoms with van der Waals surface area (Å²) in [5, 5.41) is 12.3. The maximum Gasteiger partial charge on any atom is 0.319 e. The second-order valence-electron chi connectivity index (χ2n) is 6.10. The molecule has 0 saturated heterocycles. The van der Waals surface area contributed by atoms with Crippen LogP contribution in [0.25, 0.3) is 5.69 Å². The van der Waals surface area contributed by atoms with Gasteiger partial charge >= 0.3 is 6.03 Å². The summed E-state index contributed by atoms with van der Waals surface area (Å²) in [7, 11) is 0. The molecule has 3 rings (SSSR count). The molecule has 1 aliphatic carbocycles. The molecular weight excluding hydrogens is 320 g/mol. The van der Waals surface area contributed by atoms with Gasteiger partial charge in [0, 0.05) is 11.7 Å². The summed E-state index contributed by atoms with van der Waals surface area (Å²) in [5.74, 6) is -0.149. The molecule has 0 bridgehead atoms. The molecule has 0 unspecified atom stereocenters. The number of carbonyl (C=O) groups excluding carboxylic acids is 2. The van der Waals surface area contributed by atoms with Gasteiger partial charge in [0.05, 0.1) is 12.2 Å². The van der Waals surface area contributed by atoms with Crippen molar-refractivity contribution in [2.45, 2.75) is 38.1 Å². The van der Waals surface area contributed by atoms with E-state index >= 15 is 0 Å². The summed E-state index contributed by atoms with van der Waals surface area (Å²) in [6, 6.07) is 7.00. The SMILES string of the molecule is O=C(CNC(=O)Nc1ccc(-n2cncn2)cc1)NC1CCCCC1. The molecule has 132 valence electrons. The zero-order valence-corrected chi connectivity index (χ0v) is 13.9. The third kappa shape index (κ3) is 5.03. The van der Waals surface area contributed by atoms with E-state index in [9.17, 15) is 9.59 Å². The molecule has 8 heteroatoms. The van der Waals surface area contributed by atoms with Gasteiger partial charge in [0.2, 0.25) is 5.91 Å². The molecule has 25 heavy (non-hydrogen) atoms. The van der Waals surface area contributed by atoms with E-state index in [-0.39, 0.29) is 18.5 Å². The summed E-state index contributed by atoms with van der Waals surface area (Å²) in [5.41, 5.74) is 1.48. The fraction of sp³-hybridized carbons (Fsp3) is 0.412. The summed E-state index contributed by atoms with van der Waals surface area (Å²) < 4.78 is 1.62. The third-order valence-electron chi connectivity index (χ3n) is 4.19. The zero-order valence-electron chi connectivity index (χ0n) is 13.9. The molecule has 3 N–H and O–H groups in total. The Bertz CT molecular complexity index is 692. The molecule has 1 saturated carbocycles. The smallest absolute Gasteiger partial charge is 0.319 e. The Kier molecular flexibility index (Phi) is 5.61. The molecule has 1 fully saturated rings. The second kappa shape index (κ2) is 8.27. The van der Waals surface area contributed by atoms with Gasteiger partial charge in [-0.15, -0.1) is 0 Å². The van der Waals surface area contributed by atoms with E-state index in [1.807, 2.05) is 12.1 Å². The van der Waals surface area contributed by atoms with E-state index in [1.54, 1.807) is 23.1 Å². The first-order valence-electron chi connectivity index (χ1n) is 8.50. The van der Waals surface area contributed by atoms with E-state index in [1.165, 1.54) is 12.7 Å². The van der Waals surface area contributed by atoms with Crippen LogP contribution in [0.15, 0.2) is 36.9 Å². The molecular formula is C17H22N6O2. The number of rotatable bonds is 5. The van der Waals surface area contributed by atoms with Gasteiger partial charge < -0.3 is 16.0 Å². The van der Waals surface area contributed by atoms with Gasteiger partial charge in [-0.1, -0.05) is 19.3 Å². The summed E-state index contributed by atoms with van der Waals surface area (Å²) in [6.07, 6.45) is 8.65. The minimum Gasteiger partial charge on any atom is -0.352 e. The predicted octanol–water partition coefficient (Wildman–Crippen LogP) is 1.84. The highest BCUT2D eigenvalue weighted by Crippen LogP contribution is 2.17. The minimum atomic E-state index is -0.410. The van der Waals surface area contributed by atoms with Crippen molar-refractivity contribution in [2.75, 3.05) is 11.9 Å². The number of hydrogen-bond donors (Lipinski definition) is 3. The van der Waals surface area contributed by atoms with Crippen molar-refractivity contribution in [1.82, 2.24) is 25.4 Å². The lowest BCUT2D eigenvalue weighted by atomic mass is 9.95. The number of carbonyl (C=O) groups is 2. The Hall–Kier alpha value is -2.90. The molecule has 0 aliphatic heterocycles. The van der Waals surface area contributed by atoms with Crippen molar-refractivity contribution in [3.63, 3.8) is 0 Å². The molecule has 1 aromatic carbocycles. The van der Waals surface area contributed by atoms with Crippen LogP contribution < -0.4 is 16.0 Å². The molecule has 2 aromatic rings. The second-order valence-corrected chi connectivity index (χ2v) is 6.10. The lowest BCUT2D eigenvalue weighted by molar-refractivity contribution is -0.120. The highest BCUT2D eigenvalue weighted by atomic mass is 16.2. The van der Waals surface area contributed by atoms with Gasteiger partial charge in [-0.2, -0.15) is 5.10 Å². The number of amides is 3. The van der Waals surface area contributed by atoms with E-state index < -0.39 is 6.03 Å². The quantitative estimate of drug-likeness (QED) is 0.772. The summed E-state index contributed by atoms with van der Waals surface area (Å²) in [4.78, 5) is 27.7. The normalized spacial score (nSPS) is 14.7. The van der Waals surface area contributed by atoms with E-state index in [0.717, 1.165) is 31.4 Å². The van der Waals surface area contributed by atoms with Gasteiger partial charge in [-0.05, 0) is 37.1 Å². The molecule has 1 heterocycles. The van der Waals surface area contributed by atoms with Crippen LogP contribution in [0, 0.1) is 0 Å². The summed E-state index contributed by atoms with van der Waals surface area (Å²) >= 11 is 0. The molecule has 3 amide bonds. The fourth-order valence-electron chi connectivity index (χ4n) is 2.90. The van der Waals surface area contributed by atoms with Gasteiger partial charge in [0.1, 0.15) is 12.7 Å². The Morgan fingerprint density at radius 1 is 1.12 bits per heavy atom. The van der Waals surface area contributed by atoms with Crippen LogP contribution in [0.3, 0.4) is 0 Å². The first-order valence-corrected chi connectivity index (χ1v) is 8.50. The van der Waals surface area contributed by atoms with Crippen LogP contribution in [0.4, 0.5) is 10.5 Å². The standard InChI is InChI=1S/C17H22N6O2/c24-16(21-13-4-2-1-3-5-13)10-19-17(25)22-14-6-8-15(9-7-14)23-12-18-11-20-23/h6-9,11-13H,1-5,10H2,(H,21,24)(H2,19,22,25). The largest absolute Gasteiger partial charge is 0.352 e. The van der Waals surface area contributed by atoms with Crippen molar-refractivity contribution < 1.29 is 9.59 Å². The number of nitrogens with zero attached hydrogens (tertiary/aromatic N) is 3. The Morgan fingerprint density at radius 2 is 1.88 bits per heavy atom. The van der Waals surface area contributed by atoms with E-state index in [4.69, 9.17) is 0 Å². The molecule has 1 aliphatic rings. The van der Waals surface area contributed by atoms with Gasteiger partial charge in [-0.3, -0.25) is 4.79 Å². The highest BCUT2D eigenvalue weighted by molar-refractivity contribution is 5.92. The molecule has 1 aromatic heterocycles. The van der Waals surface area contributed by atoms with Crippen LogP contribution in [0.2, 0.25) is 0 Å². The zero-order chi connectivity index (χ0) is 17.5. The molecule has 0 spiro atoms. The number of anilines is 1. The lowest BCUT2D eigenvalue weighted by Crippen LogP contribution is -2.43. The van der Waals surface area contributed by atoms with Crippen LogP contribution in [0.5, 0.6) is 0 Å². The van der Waals surface area contributed by atoms with Crippen LogP contribution in [-0.2, 0) is 4.79 Å². The number of aromatic nitrogens is 3. The highest BCUT2D eigenvalue weighted by Gasteiger charge is 2.15. The average molecular weight is 342 g/mol. The Balaban J connectivity index is 1.42. The number of benzene rings is 1. The molecule has 0 atom stereocenters. The number of urea groups is 1. The lowest BCUT2D eigenvalue weighted by Gasteiger charge is -2.22. The van der Waals surface area contributed by atoms with Crippen LogP contribution >= 0.6 is 0 Å². The van der Waals surface area contributed by atoms with Crippen molar-refractivity contribution >= 4 is 17.6 Å².